The van der Waals surface area contributed by atoms with Crippen molar-refractivity contribution in [2.75, 3.05) is 6.54 Å². The number of benzene rings is 2. The lowest BCUT2D eigenvalue weighted by atomic mass is 10.1. The number of nitrogens with zero attached hydrogens (tertiary/aromatic N) is 2. The molecule has 1 aromatic heterocycles. The molecule has 3 aromatic rings. The first-order chi connectivity index (χ1) is 9.84. The first kappa shape index (κ1) is 12.7. The molecule has 20 heavy (non-hydrogen) atoms. The summed E-state index contributed by atoms with van der Waals surface area (Å²) in [4.78, 5) is 12.2. The number of nitrogens with one attached hydrogen (secondary N) is 1. The Hall–Kier alpha value is -2.27. The Morgan fingerprint density at radius 1 is 1.05 bits per heavy atom. The maximum atomic E-state index is 12.2. The van der Waals surface area contributed by atoms with Crippen LogP contribution in [0, 0.1) is 0 Å². The lowest BCUT2D eigenvalue weighted by Gasteiger charge is -2.05. The predicted molar refractivity (Wildman–Crippen MR) is 79.9 cm³/mol. The van der Waals surface area contributed by atoms with Gasteiger partial charge in [-0.3, -0.25) is 4.79 Å². The molecule has 0 saturated carbocycles. The van der Waals surface area contributed by atoms with Gasteiger partial charge in [0.1, 0.15) is 11.0 Å². The SMILES string of the molecule is O=C(NCCc1ccccc1)c1cccc2nsnc12. The number of fused-ring (bicyclic) bond motifs is 1. The van der Waals surface area contributed by atoms with Gasteiger partial charge in [-0.05, 0) is 24.1 Å². The molecule has 0 aliphatic carbocycles. The predicted octanol–water partition coefficient (Wildman–Crippen LogP) is 2.66. The van der Waals surface area contributed by atoms with Crippen LogP contribution in [0.4, 0.5) is 0 Å². The van der Waals surface area contributed by atoms with Crippen molar-refractivity contribution < 1.29 is 4.79 Å². The van der Waals surface area contributed by atoms with Gasteiger partial charge in [0.15, 0.2) is 0 Å². The Morgan fingerprint density at radius 3 is 2.75 bits per heavy atom. The number of hydrogen-bond acceptors (Lipinski definition) is 4. The highest BCUT2D eigenvalue weighted by molar-refractivity contribution is 7.00. The molecule has 0 aliphatic rings. The van der Waals surface area contributed by atoms with E-state index in [4.69, 9.17) is 0 Å². The lowest BCUT2D eigenvalue weighted by molar-refractivity contribution is 0.0955. The highest BCUT2D eigenvalue weighted by Crippen LogP contribution is 2.16. The van der Waals surface area contributed by atoms with Crippen molar-refractivity contribution >= 4 is 28.7 Å². The van der Waals surface area contributed by atoms with Gasteiger partial charge in [-0.15, -0.1) is 0 Å². The van der Waals surface area contributed by atoms with Crippen LogP contribution >= 0.6 is 11.7 Å². The average Bonchev–Trinajstić information content (AvgIpc) is 2.96. The summed E-state index contributed by atoms with van der Waals surface area (Å²) in [6.07, 6.45) is 0.817. The lowest BCUT2D eigenvalue weighted by Crippen LogP contribution is -2.25. The Bertz CT molecular complexity index is 724. The van der Waals surface area contributed by atoms with Gasteiger partial charge in [-0.2, -0.15) is 8.75 Å². The fraction of sp³-hybridized carbons (Fsp3) is 0.133. The van der Waals surface area contributed by atoms with Gasteiger partial charge >= 0.3 is 0 Å². The molecule has 100 valence electrons. The number of hydrogen-bond donors (Lipinski definition) is 1. The van der Waals surface area contributed by atoms with Crippen LogP contribution in [0.25, 0.3) is 11.0 Å². The molecule has 1 N–H and O–H groups in total. The van der Waals surface area contributed by atoms with E-state index >= 15 is 0 Å². The van der Waals surface area contributed by atoms with Crippen molar-refractivity contribution in [3.8, 4) is 0 Å². The van der Waals surface area contributed by atoms with E-state index in [1.807, 2.05) is 30.3 Å². The van der Waals surface area contributed by atoms with E-state index in [0.717, 1.165) is 23.7 Å². The van der Waals surface area contributed by atoms with Crippen LogP contribution in [0.15, 0.2) is 48.5 Å². The number of carbonyl (C=O) groups excluding carboxylic acids is 1. The zero-order valence-electron chi connectivity index (χ0n) is 10.7. The fourth-order valence-electron chi connectivity index (χ4n) is 2.05. The number of carbonyl (C=O) groups is 1. The summed E-state index contributed by atoms with van der Waals surface area (Å²) in [5.74, 6) is -0.0979. The molecule has 1 amide bonds. The molecule has 2 aromatic carbocycles. The summed E-state index contributed by atoms with van der Waals surface area (Å²) in [7, 11) is 0. The Morgan fingerprint density at radius 2 is 1.90 bits per heavy atom. The molecule has 0 unspecified atom stereocenters. The second kappa shape index (κ2) is 5.79. The van der Waals surface area contributed by atoms with Crippen molar-refractivity contribution in [1.82, 2.24) is 14.1 Å². The monoisotopic (exact) mass is 283 g/mol. The maximum absolute atomic E-state index is 12.2. The van der Waals surface area contributed by atoms with Gasteiger partial charge in [0.25, 0.3) is 5.91 Å². The first-order valence-corrected chi connectivity index (χ1v) is 7.11. The Kier molecular flexibility index (Phi) is 3.69. The van der Waals surface area contributed by atoms with Crippen molar-refractivity contribution in [1.29, 1.82) is 0 Å². The highest BCUT2D eigenvalue weighted by Gasteiger charge is 2.11. The molecule has 0 spiro atoms. The smallest absolute Gasteiger partial charge is 0.253 e. The maximum Gasteiger partial charge on any atom is 0.253 e. The molecular formula is C15H13N3OS. The van der Waals surface area contributed by atoms with Gasteiger partial charge in [-0.25, -0.2) is 0 Å². The summed E-state index contributed by atoms with van der Waals surface area (Å²) in [6, 6.07) is 15.6. The molecule has 0 atom stereocenters. The van der Waals surface area contributed by atoms with Crippen molar-refractivity contribution in [3.63, 3.8) is 0 Å². The topological polar surface area (TPSA) is 54.9 Å². The quantitative estimate of drug-likeness (QED) is 0.801. The first-order valence-electron chi connectivity index (χ1n) is 6.38. The highest BCUT2D eigenvalue weighted by atomic mass is 32.1. The molecule has 0 fully saturated rings. The van der Waals surface area contributed by atoms with Crippen LogP contribution in [0.2, 0.25) is 0 Å². The zero-order valence-corrected chi connectivity index (χ0v) is 11.6. The van der Waals surface area contributed by atoms with E-state index < -0.39 is 0 Å². The van der Waals surface area contributed by atoms with E-state index in [1.54, 1.807) is 6.07 Å². The summed E-state index contributed by atoms with van der Waals surface area (Å²) in [5, 5.41) is 2.93. The zero-order chi connectivity index (χ0) is 13.8. The Labute approximate surface area is 120 Å². The van der Waals surface area contributed by atoms with Crippen LogP contribution in [0.5, 0.6) is 0 Å². The molecule has 3 rings (SSSR count). The van der Waals surface area contributed by atoms with Crippen molar-refractivity contribution in [2.45, 2.75) is 6.42 Å². The molecule has 0 aliphatic heterocycles. The summed E-state index contributed by atoms with van der Waals surface area (Å²) < 4.78 is 8.32. The molecule has 4 nitrogen and oxygen atoms in total. The van der Waals surface area contributed by atoms with Gasteiger partial charge < -0.3 is 5.32 Å². The standard InChI is InChI=1S/C15H13N3OS/c19-15(16-10-9-11-5-2-1-3-6-11)12-7-4-8-13-14(12)18-20-17-13/h1-8H,9-10H2,(H,16,19). The van der Waals surface area contributed by atoms with Gasteiger partial charge in [0, 0.05) is 6.54 Å². The summed E-state index contributed by atoms with van der Waals surface area (Å²) >= 11 is 1.13. The second-order valence-corrected chi connectivity index (χ2v) is 4.96. The minimum Gasteiger partial charge on any atom is -0.352 e. The minimum atomic E-state index is -0.0979. The molecule has 1 heterocycles. The Balaban J connectivity index is 1.66. The van der Waals surface area contributed by atoms with Gasteiger partial charge in [0.2, 0.25) is 0 Å². The molecule has 0 saturated heterocycles. The normalized spacial score (nSPS) is 10.6. The summed E-state index contributed by atoms with van der Waals surface area (Å²) in [6.45, 7) is 0.608. The number of amides is 1. The third kappa shape index (κ3) is 2.67. The average molecular weight is 283 g/mol. The van der Waals surface area contributed by atoms with E-state index in [9.17, 15) is 4.79 Å². The van der Waals surface area contributed by atoms with E-state index in [1.165, 1.54) is 5.56 Å². The van der Waals surface area contributed by atoms with E-state index in [-0.39, 0.29) is 5.91 Å². The van der Waals surface area contributed by atoms with Crippen LogP contribution in [-0.4, -0.2) is 21.2 Å². The third-order valence-corrected chi connectivity index (χ3v) is 3.62. The van der Waals surface area contributed by atoms with Crippen LogP contribution in [-0.2, 0) is 6.42 Å². The summed E-state index contributed by atoms with van der Waals surface area (Å²) in [5.41, 5.74) is 3.24. The fourth-order valence-corrected chi connectivity index (χ4v) is 2.60. The van der Waals surface area contributed by atoms with Crippen molar-refractivity contribution in [3.05, 3.63) is 59.7 Å². The van der Waals surface area contributed by atoms with Crippen LogP contribution < -0.4 is 5.32 Å². The second-order valence-electron chi connectivity index (χ2n) is 4.43. The number of aromatic nitrogens is 2. The molecule has 0 radical (unpaired) electrons. The van der Waals surface area contributed by atoms with E-state index in [2.05, 4.69) is 26.2 Å². The molecule has 0 bridgehead atoms. The minimum absolute atomic E-state index is 0.0979. The van der Waals surface area contributed by atoms with Gasteiger partial charge in [-0.1, -0.05) is 36.4 Å². The van der Waals surface area contributed by atoms with Crippen LogP contribution in [0.3, 0.4) is 0 Å². The van der Waals surface area contributed by atoms with Gasteiger partial charge in [0.05, 0.1) is 17.3 Å². The number of rotatable bonds is 4. The van der Waals surface area contributed by atoms with Crippen LogP contribution in [0.1, 0.15) is 15.9 Å². The molecule has 5 heteroatoms. The van der Waals surface area contributed by atoms with Crippen molar-refractivity contribution in [2.24, 2.45) is 0 Å². The molecular weight excluding hydrogens is 270 g/mol. The van der Waals surface area contributed by atoms with E-state index in [0.29, 0.717) is 17.6 Å². The third-order valence-electron chi connectivity index (χ3n) is 3.07. The largest absolute Gasteiger partial charge is 0.352 e.